The summed E-state index contributed by atoms with van der Waals surface area (Å²) in [5.74, 6) is -0.361. The second-order valence-corrected chi connectivity index (χ2v) is 1.74. The average molecular weight is 143 g/mol. The lowest BCUT2D eigenvalue weighted by Crippen LogP contribution is -2.25. The summed E-state index contributed by atoms with van der Waals surface area (Å²) in [5.41, 5.74) is 5.50. The van der Waals surface area contributed by atoms with Gasteiger partial charge in [-0.1, -0.05) is 0 Å². The van der Waals surface area contributed by atoms with Crippen molar-refractivity contribution in [3.8, 4) is 0 Å². The van der Waals surface area contributed by atoms with Crippen LogP contribution in [0, 0.1) is 0 Å². The molecule has 0 bridgehead atoms. The Bertz CT molecular complexity index is 166. The van der Waals surface area contributed by atoms with Crippen LogP contribution in [-0.4, -0.2) is 24.8 Å². The molecule has 0 atom stereocenters. The molecule has 1 heterocycles. The van der Waals surface area contributed by atoms with E-state index in [1.54, 1.807) is 6.92 Å². The van der Waals surface area contributed by atoms with Gasteiger partial charge < -0.3 is 4.74 Å². The normalized spacial score (nSPS) is 15.9. The van der Waals surface area contributed by atoms with E-state index in [2.05, 4.69) is 20.8 Å². The fourth-order valence-corrected chi connectivity index (χ4v) is 0.602. The van der Waals surface area contributed by atoms with Crippen LogP contribution < -0.4 is 11.0 Å². The molecule has 0 amide bonds. The van der Waals surface area contributed by atoms with Crippen molar-refractivity contribution >= 4 is 11.7 Å². The largest absolute Gasteiger partial charge is 0.461 e. The molecule has 5 heteroatoms. The van der Waals surface area contributed by atoms with Crippen LogP contribution in [0.15, 0.2) is 5.10 Å². The standard InChI is InChI=1S/C5H9N3O2/c1-2-10-5(9)4-3-6-8-7-4/h6,8H,2-3H2,1H3. The number of hydrazine groups is 1. The van der Waals surface area contributed by atoms with Gasteiger partial charge >= 0.3 is 5.97 Å². The predicted molar refractivity (Wildman–Crippen MR) is 35.2 cm³/mol. The highest BCUT2D eigenvalue weighted by atomic mass is 16.5. The van der Waals surface area contributed by atoms with Crippen molar-refractivity contribution in [2.75, 3.05) is 13.2 Å². The zero-order valence-electron chi connectivity index (χ0n) is 5.68. The monoisotopic (exact) mass is 143 g/mol. The van der Waals surface area contributed by atoms with Crippen LogP contribution in [0.4, 0.5) is 0 Å². The van der Waals surface area contributed by atoms with Crippen molar-refractivity contribution in [3.05, 3.63) is 0 Å². The lowest BCUT2D eigenvalue weighted by atomic mass is 10.4. The minimum atomic E-state index is -0.361. The molecule has 0 aliphatic carbocycles. The van der Waals surface area contributed by atoms with Gasteiger partial charge in [0.2, 0.25) is 0 Å². The lowest BCUT2D eigenvalue weighted by Gasteiger charge is -1.96. The SMILES string of the molecule is CCOC(=O)C1=NNNC1. The van der Waals surface area contributed by atoms with Crippen molar-refractivity contribution in [2.24, 2.45) is 5.10 Å². The third-order valence-corrected chi connectivity index (χ3v) is 1.04. The van der Waals surface area contributed by atoms with Crippen LogP contribution in [0.2, 0.25) is 0 Å². The van der Waals surface area contributed by atoms with Crippen molar-refractivity contribution in [1.29, 1.82) is 0 Å². The third-order valence-electron chi connectivity index (χ3n) is 1.04. The van der Waals surface area contributed by atoms with Crippen LogP contribution in [-0.2, 0) is 9.53 Å². The summed E-state index contributed by atoms with van der Waals surface area (Å²) in [6, 6.07) is 0. The maximum atomic E-state index is 10.8. The first-order valence-electron chi connectivity index (χ1n) is 3.06. The molecule has 0 radical (unpaired) electrons. The van der Waals surface area contributed by atoms with E-state index in [0.29, 0.717) is 18.9 Å². The molecular weight excluding hydrogens is 134 g/mol. The smallest absolute Gasteiger partial charge is 0.355 e. The zero-order chi connectivity index (χ0) is 7.40. The van der Waals surface area contributed by atoms with Gasteiger partial charge in [0.1, 0.15) is 0 Å². The number of ether oxygens (including phenoxy) is 1. The molecule has 0 aromatic heterocycles. The number of carbonyl (C=O) groups excluding carboxylic acids is 1. The predicted octanol–water partition coefficient (Wildman–Crippen LogP) is -0.987. The van der Waals surface area contributed by atoms with Gasteiger partial charge in [-0.2, -0.15) is 5.10 Å². The molecule has 1 aliphatic heterocycles. The molecule has 0 saturated heterocycles. The molecule has 0 saturated carbocycles. The molecule has 1 aliphatic rings. The highest BCUT2D eigenvalue weighted by Crippen LogP contribution is 1.86. The number of hydrogen-bond acceptors (Lipinski definition) is 5. The van der Waals surface area contributed by atoms with E-state index in [4.69, 9.17) is 0 Å². The second kappa shape index (κ2) is 3.17. The minimum absolute atomic E-state index is 0.361. The second-order valence-electron chi connectivity index (χ2n) is 1.74. The van der Waals surface area contributed by atoms with E-state index in [1.807, 2.05) is 0 Å². The number of nitrogens with zero attached hydrogens (tertiary/aromatic N) is 1. The summed E-state index contributed by atoms with van der Waals surface area (Å²) in [6.45, 7) is 2.57. The summed E-state index contributed by atoms with van der Waals surface area (Å²) >= 11 is 0. The molecule has 1 rings (SSSR count). The van der Waals surface area contributed by atoms with E-state index in [9.17, 15) is 4.79 Å². The fraction of sp³-hybridized carbons (Fsp3) is 0.600. The Balaban J connectivity index is 2.40. The first kappa shape index (κ1) is 7.01. The molecular formula is C5H9N3O2. The average Bonchev–Trinajstić information content (AvgIpc) is 2.38. The molecule has 0 aromatic carbocycles. The third kappa shape index (κ3) is 1.44. The zero-order valence-corrected chi connectivity index (χ0v) is 5.68. The fourth-order valence-electron chi connectivity index (χ4n) is 0.602. The van der Waals surface area contributed by atoms with Crippen molar-refractivity contribution in [1.82, 2.24) is 11.0 Å². The Hall–Kier alpha value is -1.10. The van der Waals surface area contributed by atoms with E-state index in [0.717, 1.165) is 0 Å². The van der Waals surface area contributed by atoms with Gasteiger partial charge in [-0.05, 0) is 6.92 Å². The highest BCUT2D eigenvalue weighted by molar-refractivity contribution is 6.37. The summed E-state index contributed by atoms with van der Waals surface area (Å²) < 4.78 is 4.68. The first-order chi connectivity index (χ1) is 4.84. The Labute approximate surface area is 58.4 Å². The number of carbonyl (C=O) groups is 1. The van der Waals surface area contributed by atoms with E-state index < -0.39 is 0 Å². The van der Waals surface area contributed by atoms with Crippen molar-refractivity contribution < 1.29 is 9.53 Å². The van der Waals surface area contributed by atoms with Gasteiger partial charge in [-0.15, -0.1) is 0 Å². The van der Waals surface area contributed by atoms with Gasteiger partial charge in [0.05, 0.1) is 13.2 Å². The number of hydrogen-bond donors (Lipinski definition) is 2. The molecule has 5 nitrogen and oxygen atoms in total. The Morgan fingerprint density at radius 2 is 2.70 bits per heavy atom. The van der Waals surface area contributed by atoms with E-state index >= 15 is 0 Å². The Morgan fingerprint density at radius 3 is 3.20 bits per heavy atom. The summed E-state index contributed by atoms with van der Waals surface area (Å²) in [5, 5.41) is 3.64. The molecule has 56 valence electrons. The molecule has 2 N–H and O–H groups in total. The van der Waals surface area contributed by atoms with Gasteiger partial charge in [0.15, 0.2) is 5.71 Å². The van der Waals surface area contributed by atoms with Crippen LogP contribution >= 0.6 is 0 Å². The van der Waals surface area contributed by atoms with Gasteiger partial charge in [0, 0.05) is 0 Å². The summed E-state index contributed by atoms with van der Waals surface area (Å²) in [6.07, 6.45) is 0. The van der Waals surface area contributed by atoms with Crippen LogP contribution in [0.25, 0.3) is 0 Å². The molecule has 0 unspecified atom stereocenters. The van der Waals surface area contributed by atoms with Crippen LogP contribution in [0.1, 0.15) is 6.92 Å². The maximum Gasteiger partial charge on any atom is 0.355 e. The number of nitrogens with one attached hydrogen (secondary N) is 2. The summed E-state index contributed by atoms with van der Waals surface area (Å²) in [4.78, 5) is 10.8. The number of rotatable bonds is 2. The van der Waals surface area contributed by atoms with Gasteiger partial charge in [-0.25, -0.2) is 15.8 Å². The molecule has 0 spiro atoms. The highest BCUT2D eigenvalue weighted by Gasteiger charge is 2.15. The van der Waals surface area contributed by atoms with Crippen LogP contribution in [0.5, 0.6) is 0 Å². The quantitative estimate of drug-likeness (QED) is 0.487. The molecule has 0 fully saturated rings. The Kier molecular flexibility index (Phi) is 2.22. The summed E-state index contributed by atoms with van der Waals surface area (Å²) in [7, 11) is 0. The van der Waals surface area contributed by atoms with Crippen molar-refractivity contribution in [3.63, 3.8) is 0 Å². The lowest BCUT2D eigenvalue weighted by molar-refractivity contribution is -0.135. The maximum absolute atomic E-state index is 10.8. The van der Waals surface area contributed by atoms with Gasteiger partial charge in [0.25, 0.3) is 0 Å². The Morgan fingerprint density at radius 1 is 1.90 bits per heavy atom. The number of hydrazone groups is 1. The van der Waals surface area contributed by atoms with Gasteiger partial charge in [-0.3, -0.25) is 0 Å². The molecule has 10 heavy (non-hydrogen) atoms. The molecule has 0 aromatic rings. The number of esters is 1. The van der Waals surface area contributed by atoms with Crippen LogP contribution in [0.3, 0.4) is 0 Å². The first-order valence-corrected chi connectivity index (χ1v) is 3.06. The van der Waals surface area contributed by atoms with E-state index in [1.165, 1.54) is 0 Å². The van der Waals surface area contributed by atoms with Crippen molar-refractivity contribution in [2.45, 2.75) is 6.92 Å². The topological polar surface area (TPSA) is 62.7 Å². The minimum Gasteiger partial charge on any atom is -0.461 e. The van der Waals surface area contributed by atoms with E-state index in [-0.39, 0.29) is 5.97 Å².